The number of esters is 3. The fourth-order valence-corrected chi connectivity index (χ4v) is 9.35. The van der Waals surface area contributed by atoms with E-state index in [1.165, 1.54) is 225 Å². The number of ether oxygens (including phenoxy) is 3. The van der Waals surface area contributed by atoms with Crippen LogP contribution in [0.1, 0.15) is 342 Å². The minimum Gasteiger partial charge on any atom is -0.462 e. The van der Waals surface area contributed by atoms with Crippen molar-refractivity contribution in [3.8, 4) is 0 Å². The van der Waals surface area contributed by atoms with Crippen LogP contribution in [0.15, 0.2) is 36.5 Å². The van der Waals surface area contributed by atoms with Crippen LogP contribution in [0.5, 0.6) is 0 Å². The second-order valence-corrected chi connectivity index (χ2v) is 21.3. The van der Waals surface area contributed by atoms with Gasteiger partial charge in [-0.2, -0.15) is 0 Å². The van der Waals surface area contributed by atoms with Gasteiger partial charge in [0.2, 0.25) is 0 Å². The molecule has 6 heteroatoms. The maximum atomic E-state index is 12.9. The summed E-state index contributed by atoms with van der Waals surface area (Å²) < 4.78 is 16.9. The number of hydrogen-bond acceptors (Lipinski definition) is 6. The van der Waals surface area contributed by atoms with Crippen LogP contribution in [-0.4, -0.2) is 37.2 Å². The largest absolute Gasteiger partial charge is 0.462 e. The van der Waals surface area contributed by atoms with Crippen molar-refractivity contribution < 1.29 is 28.6 Å². The molecular formula is C65H120O6. The van der Waals surface area contributed by atoms with Gasteiger partial charge >= 0.3 is 17.9 Å². The average molecular weight is 998 g/mol. The highest BCUT2D eigenvalue weighted by atomic mass is 16.6. The molecule has 0 N–H and O–H groups in total. The molecule has 0 heterocycles. The maximum absolute atomic E-state index is 12.9. The monoisotopic (exact) mass is 997 g/mol. The minimum atomic E-state index is -0.778. The van der Waals surface area contributed by atoms with Gasteiger partial charge in [0.1, 0.15) is 13.2 Å². The molecule has 0 radical (unpaired) electrons. The molecule has 416 valence electrons. The first-order valence-corrected chi connectivity index (χ1v) is 31.5. The van der Waals surface area contributed by atoms with E-state index in [1.807, 2.05) is 0 Å². The van der Waals surface area contributed by atoms with Crippen LogP contribution in [0.25, 0.3) is 0 Å². The molecule has 1 atom stereocenters. The lowest BCUT2D eigenvalue weighted by molar-refractivity contribution is -0.167. The summed E-state index contributed by atoms with van der Waals surface area (Å²) in [6, 6.07) is 0. The van der Waals surface area contributed by atoms with E-state index in [-0.39, 0.29) is 31.1 Å². The Labute approximate surface area is 442 Å². The number of allylic oxidation sites excluding steroid dienone is 6. The molecule has 0 fully saturated rings. The molecule has 0 amide bonds. The van der Waals surface area contributed by atoms with Gasteiger partial charge in [-0.25, -0.2) is 0 Å². The molecule has 0 aliphatic rings. The lowest BCUT2D eigenvalue weighted by Crippen LogP contribution is -2.30. The van der Waals surface area contributed by atoms with Gasteiger partial charge in [0.25, 0.3) is 0 Å². The topological polar surface area (TPSA) is 78.9 Å². The number of rotatable bonds is 58. The fourth-order valence-electron chi connectivity index (χ4n) is 9.35. The van der Waals surface area contributed by atoms with E-state index in [2.05, 4.69) is 57.2 Å². The van der Waals surface area contributed by atoms with Crippen LogP contribution in [-0.2, 0) is 28.6 Å². The van der Waals surface area contributed by atoms with Crippen LogP contribution in [0.3, 0.4) is 0 Å². The van der Waals surface area contributed by atoms with Crippen LogP contribution < -0.4 is 0 Å². The SMILES string of the molecule is CCCCC/C=C\C/C=C\CCCCCCCCCC(=O)O[C@H](COC(=O)CCCCCCC/C=C\CCCCCCCC)COC(=O)CCCCCCCCCCCCCCCCCCCCCCC. The zero-order valence-electron chi connectivity index (χ0n) is 47.8. The molecule has 0 saturated heterocycles. The van der Waals surface area contributed by atoms with Crippen molar-refractivity contribution in [2.75, 3.05) is 13.2 Å². The molecular weight excluding hydrogens is 877 g/mol. The van der Waals surface area contributed by atoms with Crippen molar-refractivity contribution in [2.24, 2.45) is 0 Å². The van der Waals surface area contributed by atoms with Crippen LogP contribution in [0, 0.1) is 0 Å². The van der Waals surface area contributed by atoms with Crippen LogP contribution >= 0.6 is 0 Å². The van der Waals surface area contributed by atoms with Gasteiger partial charge in [-0.3, -0.25) is 14.4 Å². The van der Waals surface area contributed by atoms with Crippen molar-refractivity contribution in [1.82, 2.24) is 0 Å². The molecule has 0 unspecified atom stereocenters. The molecule has 6 nitrogen and oxygen atoms in total. The highest BCUT2D eigenvalue weighted by Gasteiger charge is 2.19. The molecule has 0 aliphatic heterocycles. The number of carbonyl (C=O) groups is 3. The Hall–Kier alpha value is -2.37. The Morgan fingerprint density at radius 2 is 0.507 bits per heavy atom. The summed E-state index contributed by atoms with van der Waals surface area (Å²) in [6.07, 6.45) is 72.9. The third kappa shape index (κ3) is 58.4. The number of carbonyl (C=O) groups excluding carboxylic acids is 3. The van der Waals surface area contributed by atoms with Crippen molar-refractivity contribution in [3.05, 3.63) is 36.5 Å². The summed E-state index contributed by atoms with van der Waals surface area (Å²) >= 11 is 0. The quantitative estimate of drug-likeness (QED) is 0.0261. The summed E-state index contributed by atoms with van der Waals surface area (Å²) in [5.41, 5.74) is 0. The zero-order valence-corrected chi connectivity index (χ0v) is 47.8. The first-order chi connectivity index (χ1) is 35.0. The third-order valence-corrected chi connectivity index (χ3v) is 14.1. The summed E-state index contributed by atoms with van der Waals surface area (Å²) in [6.45, 7) is 6.65. The molecule has 71 heavy (non-hydrogen) atoms. The van der Waals surface area contributed by atoms with Gasteiger partial charge in [-0.15, -0.1) is 0 Å². The highest BCUT2D eigenvalue weighted by Crippen LogP contribution is 2.17. The average Bonchev–Trinajstić information content (AvgIpc) is 3.37. The van der Waals surface area contributed by atoms with Gasteiger partial charge in [-0.05, 0) is 77.0 Å². The lowest BCUT2D eigenvalue weighted by Gasteiger charge is -2.18. The van der Waals surface area contributed by atoms with Gasteiger partial charge in [0.15, 0.2) is 6.10 Å². The number of hydrogen-bond donors (Lipinski definition) is 0. The summed E-state index contributed by atoms with van der Waals surface area (Å²) in [5, 5.41) is 0. The van der Waals surface area contributed by atoms with Gasteiger partial charge in [0.05, 0.1) is 0 Å². The van der Waals surface area contributed by atoms with E-state index >= 15 is 0 Å². The zero-order chi connectivity index (χ0) is 51.4. The van der Waals surface area contributed by atoms with E-state index in [0.29, 0.717) is 19.3 Å². The molecule has 0 aromatic heterocycles. The summed E-state index contributed by atoms with van der Waals surface area (Å²) in [7, 11) is 0. The summed E-state index contributed by atoms with van der Waals surface area (Å²) in [5.74, 6) is -0.868. The Morgan fingerprint density at radius 1 is 0.282 bits per heavy atom. The fraction of sp³-hybridized carbons (Fsp3) is 0.862. The second kappa shape index (κ2) is 60.2. The molecule has 0 saturated carbocycles. The lowest BCUT2D eigenvalue weighted by atomic mass is 10.0. The van der Waals surface area contributed by atoms with E-state index in [1.54, 1.807) is 0 Å². The van der Waals surface area contributed by atoms with Crippen LogP contribution in [0.2, 0.25) is 0 Å². The summed E-state index contributed by atoms with van der Waals surface area (Å²) in [4.78, 5) is 38.3. The van der Waals surface area contributed by atoms with E-state index in [4.69, 9.17) is 14.2 Å². The van der Waals surface area contributed by atoms with Gasteiger partial charge in [0, 0.05) is 19.3 Å². The highest BCUT2D eigenvalue weighted by molar-refractivity contribution is 5.71. The molecule has 0 aromatic carbocycles. The Balaban J connectivity index is 4.32. The predicted octanol–water partition coefficient (Wildman–Crippen LogP) is 21.2. The van der Waals surface area contributed by atoms with E-state index < -0.39 is 6.10 Å². The Morgan fingerprint density at radius 3 is 0.817 bits per heavy atom. The van der Waals surface area contributed by atoms with Crippen molar-refractivity contribution >= 4 is 17.9 Å². The molecule has 0 aromatic rings. The smallest absolute Gasteiger partial charge is 0.306 e. The standard InChI is InChI=1S/C65H120O6/c1-4-7-10-13-16-19-22-25-28-30-31-32-33-35-37-40-43-46-49-52-55-58-64(67)70-61-62(60-69-63(66)57-54-51-48-45-42-39-36-27-24-21-18-15-12-9-6-3)71-65(68)59-56-53-50-47-44-41-38-34-29-26-23-20-17-14-11-8-5-2/h17,20,26-27,29,36,62H,4-16,18-19,21-25,28,30-35,37-61H2,1-3H3/b20-17-,29-26-,36-27-/t62-/m1/s1. The first-order valence-electron chi connectivity index (χ1n) is 31.5. The Kier molecular flexibility index (Phi) is 58.2. The number of unbranched alkanes of at least 4 members (excludes halogenated alkanes) is 41. The van der Waals surface area contributed by atoms with Gasteiger partial charge in [-0.1, -0.05) is 282 Å². The Bertz CT molecular complexity index is 1190. The molecule has 0 aliphatic carbocycles. The van der Waals surface area contributed by atoms with Crippen molar-refractivity contribution in [2.45, 2.75) is 348 Å². The molecule has 0 spiro atoms. The predicted molar refractivity (Wildman–Crippen MR) is 307 cm³/mol. The van der Waals surface area contributed by atoms with E-state index in [0.717, 1.165) is 77.0 Å². The van der Waals surface area contributed by atoms with Crippen molar-refractivity contribution in [3.63, 3.8) is 0 Å². The molecule has 0 bridgehead atoms. The first kappa shape index (κ1) is 68.6. The molecule has 0 rings (SSSR count). The van der Waals surface area contributed by atoms with E-state index in [9.17, 15) is 14.4 Å². The van der Waals surface area contributed by atoms with Gasteiger partial charge < -0.3 is 14.2 Å². The minimum absolute atomic E-state index is 0.0740. The van der Waals surface area contributed by atoms with Crippen LogP contribution in [0.4, 0.5) is 0 Å². The maximum Gasteiger partial charge on any atom is 0.306 e. The second-order valence-electron chi connectivity index (χ2n) is 21.3. The normalized spacial score (nSPS) is 12.2. The third-order valence-electron chi connectivity index (χ3n) is 14.1. The van der Waals surface area contributed by atoms with Crippen molar-refractivity contribution in [1.29, 1.82) is 0 Å².